The van der Waals surface area contributed by atoms with E-state index in [0.717, 1.165) is 29.9 Å². The molecule has 4 N–H and O–H groups in total. The molecule has 3 rings (SSSR count). The molecule has 1 unspecified atom stereocenters. The third-order valence-electron chi connectivity index (χ3n) is 3.82. The first-order valence-corrected chi connectivity index (χ1v) is 7.27. The molecule has 0 saturated carbocycles. The largest absolute Gasteiger partial charge is 0.501 e. The van der Waals surface area contributed by atoms with Crippen molar-refractivity contribution in [2.24, 2.45) is 5.92 Å². The summed E-state index contributed by atoms with van der Waals surface area (Å²) in [6.45, 7) is 0. The molecule has 0 fully saturated rings. The summed E-state index contributed by atoms with van der Waals surface area (Å²) in [5.41, 5.74) is 13.1. The Morgan fingerprint density at radius 1 is 1.22 bits per heavy atom. The number of nitrogens with zero attached hydrogens (tertiary/aromatic N) is 3. The second-order valence-electron chi connectivity index (χ2n) is 5.44. The highest BCUT2D eigenvalue weighted by atomic mass is 16.5. The van der Waals surface area contributed by atoms with Crippen molar-refractivity contribution in [2.45, 2.75) is 12.8 Å². The van der Waals surface area contributed by atoms with E-state index in [0.29, 0.717) is 16.9 Å². The van der Waals surface area contributed by atoms with E-state index in [1.807, 2.05) is 12.1 Å². The highest BCUT2D eigenvalue weighted by Crippen LogP contribution is 2.27. The van der Waals surface area contributed by atoms with E-state index >= 15 is 0 Å². The third kappa shape index (κ3) is 3.18. The van der Waals surface area contributed by atoms with Crippen LogP contribution in [-0.4, -0.2) is 29.2 Å². The van der Waals surface area contributed by atoms with Gasteiger partial charge in [-0.3, -0.25) is 0 Å². The summed E-state index contributed by atoms with van der Waals surface area (Å²) in [7, 11) is 3.32. The zero-order valence-electron chi connectivity index (χ0n) is 13.1. The molecule has 7 heteroatoms. The number of allylic oxidation sites excluding steroid dienone is 3. The second kappa shape index (κ2) is 6.12. The standard InChI is InChI=1S/C16H19N5O2/c1-22-11-4-9(5-12(7-11)23-2)3-10-6-13-14(17)20-16(18)21-15(13)19-8-10/h4,6-9H,3,5H2,1-2H3,(H4,17,18,19,20,21). The minimum Gasteiger partial charge on any atom is -0.501 e. The minimum atomic E-state index is 0.130. The van der Waals surface area contributed by atoms with Crippen LogP contribution < -0.4 is 11.5 Å². The maximum Gasteiger partial charge on any atom is 0.224 e. The number of hydrogen-bond acceptors (Lipinski definition) is 7. The van der Waals surface area contributed by atoms with E-state index in [1.165, 1.54) is 0 Å². The van der Waals surface area contributed by atoms with E-state index in [9.17, 15) is 0 Å². The van der Waals surface area contributed by atoms with Crippen molar-refractivity contribution >= 4 is 22.8 Å². The molecule has 0 radical (unpaired) electrons. The van der Waals surface area contributed by atoms with E-state index in [4.69, 9.17) is 20.9 Å². The van der Waals surface area contributed by atoms with Gasteiger partial charge >= 0.3 is 0 Å². The Morgan fingerprint density at radius 3 is 2.78 bits per heavy atom. The molecular formula is C16H19N5O2. The molecule has 2 aromatic heterocycles. The van der Waals surface area contributed by atoms with Crippen LogP contribution in [0.15, 0.2) is 35.9 Å². The van der Waals surface area contributed by atoms with Gasteiger partial charge in [0.25, 0.3) is 0 Å². The van der Waals surface area contributed by atoms with Gasteiger partial charge in [0.15, 0.2) is 5.65 Å². The van der Waals surface area contributed by atoms with Crippen molar-refractivity contribution in [2.75, 3.05) is 25.7 Å². The van der Waals surface area contributed by atoms with Crippen LogP contribution in [0.25, 0.3) is 11.0 Å². The van der Waals surface area contributed by atoms with Gasteiger partial charge in [0, 0.05) is 18.7 Å². The molecule has 120 valence electrons. The van der Waals surface area contributed by atoms with Gasteiger partial charge in [0.2, 0.25) is 5.95 Å². The van der Waals surface area contributed by atoms with Crippen molar-refractivity contribution in [1.82, 2.24) is 15.0 Å². The summed E-state index contributed by atoms with van der Waals surface area (Å²) in [5, 5.41) is 0.714. The van der Waals surface area contributed by atoms with Crippen LogP contribution in [0.4, 0.5) is 11.8 Å². The Bertz CT molecular complexity index is 800. The zero-order valence-corrected chi connectivity index (χ0v) is 13.1. The molecular weight excluding hydrogens is 294 g/mol. The van der Waals surface area contributed by atoms with E-state index in [2.05, 4.69) is 21.0 Å². The van der Waals surface area contributed by atoms with Crippen molar-refractivity contribution in [1.29, 1.82) is 0 Å². The predicted octanol–water partition coefficient (Wildman–Crippen LogP) is 1.81. The maximum atomic E-state index is 5.91. The molecule has 2 heterocycles. The lowest BCUT2D eigenvalue weighted by Crippen LogP contribution is -2.10. The highest BCUT2D eigenvalue weighted by Gasteiger charge is 2.18. The summed E-state index contributed by atoms with van der Waals surface area (Å²) in [6, 6.07) is 1.96. The average molecular weight is 313 g/mol. The Labute approximate surface area is 134 Å². The molecule has 1 atom stereocenters. The number of pyridine rings is 1. The number of hydrogen-bond donors (Lipinski definition) is 2. The minimum absolute atomic E-state index is 0.130. The van der Waals surface area contributed by atoms with Crippen molar-refractivity contribution < 1.29 is 9.47 Å². The molecule has 0 aliphatic heterocycles. The van der Waals surface area contributed by atoms with Gasteiger partial charge in [-0.05, 0) is 30.0 Å². The van der Waals surface area contributed by atoms with Gasteiger partial charge in [-0.15, -0.1) is 0 Å². The lowest BCUT2D eigenvalue weighted by Gasteiger charge is -2.20. The number of rotatable bonds is 4. The molecule has 1 aliphatic carbocycles. The van der Waals surface area contributed by atoms with Crippen molar-refractivity contribution in [3.8, 4) is 0 Å². The number of methoxy groups -OCH3 is 2. The Kier molecular flexibility index (Phi) is 4.01. The number of fused-ring (bicyclic) bond motifs is 1. The SMILES string of the molecule is COC1=CC(Cc2cnc3nc(N)nc(N)c3c2)CC(OC)=C1. The lowest BCUT2D eigenvalue weighted by atomic mass is 9.92. The second-order valence-corrected chi connectivity index (χ2v) is 5.44. The number of nitrogen functional groups attached to an aromatic ring is 2. The molecule has 1 aliphatic rings. The third-order valence-corrected chi connectivity index (χ3v) is 3.82. The van der Waals surface area contributed by atoms with E-state index in [-0.39, 0.29) is 11.9 Å². The summed E-state index contributed by atoms with van der Waals surface area (Å²) >= 11 is 0. The molecule has 0 bridgehead atoms. The first-order chi connectivity index (χ1) is 11.1. The smallest absolute Gasteiger partial charge is 0.224 e. The molecule has 0 aromatic carbocycles. The maximum absolute atomic E-state index is 5.91. The number of nitrogens with two attached hydrogens (primary N) is 2. The zero-order chi connectivity index (χ0) is 16.4. The van der Waals surface area contributed by atoms with Crippen LogP contribution in [0, 0.1) is 5.92 Å². The first-order valence-electron chi connectivity index (χ1n) is 7.27. The Balaban J connectivity index is 1.87. The van der Waals surface area contributed by atoms with E-state index in [1.54, 1.807) is 20.4 Å². The van der Waals surface area contributed by atoms with Gasteiger partial charge in [-0.25, -0.2) is 4.98 Å². The molecule has 2 aromatic rings. The highest BCUT2D eigenvalue weighted by molar-refractivity contribution is 5.86. The predicted molar refractivity (Wildman–Crippen MR) is 88.2 cm³/mol. The van der Waals surface area contributed by atoms with Crippen LogP contribution in [0.2, 0.25) is 0 Å². The van der Waals surface area contributed by atoms with E-state index < -0.39 is 0 Å². The lowest BCUT2D eigenvalue weighted by molar-refractivity contribution is 0.244. The van der Waals surface area contributed by atoms with Gasteiger partial charge in [0.05, 0.1) is 25.4 Å². The summed E-state index contributed by atoms with van der Waals surface area (Å²) < 4.78 is 10.7. The molecule has 0 amide bonds. The molecule has 0 saturated heterocycles. The van der Waals surface area contributed by atoms with Crippen LogP contribution >= 0.6 is 0 Å². The summed E-state index contributed by atoms with van der Waals surface area (Å²) in [5.74, 6) is 2.45. The number of aromatic nitrogens is 3. The Morgan fingerprint density at radius 2 is 2.04 bits per heavy atom. The fraction of sp³-hybridized carbons (Fsp3) is 0.312. The summed E-state index contributed by atoms with van der Waals surface area (Å²) in [6.07, 6.45) is 7.40. The van der Waals surface area contributed by atoms with Gasteiger partial charge in [-0.2, -0.15) is 9.97 Å². The van der Waals surface area contributed by atoms with Crippen LogP contribution in [0.5, 0.6) is 0 Å². The Hall–Kier alpha value is -2.83. The monoisotopic (exact) mass is 313 g/mol. The van der Waals surface area contributed by atoms with Crippen molar-refractivity contribution in [3.05, 3.63) is 41.5 Å². The molecule has 0 spiro atoms. The average Bonchev–Trinajstić information content (AvgIpc) is 2.55. The fourth-order valence-corrected chi connectivity index (χ4v) is 2.73. The quantitative estimate of drug-likeness (QED) is 0.885. The van der Waals surface area contributed by atoms with Crippen molar-refractivity contribution in [3.63, 3.8) is 0 Å². The van der Waals surface area contributed by atoms with Gasteiger partial charge in [0.1, 0.15) is 11.6 Å². The van der Waals surface area contributed by atoms with Crippen LogP contribution in [0.1, 0.15) is 12.0 Å². The molecule has 7 nitrogen and oxygen atoms in total. The van der Waals surface area contributed by atoms with Crippen LogP contribution in [-0.2, 0) is 15.9 Å². The summed E-state index contributed by atoms with van der Waals surface area (Å²) in [4.78, 5) is 12.4. The van der Waals surface area contributed by atoms with Gasteiger partial charge < -0.3 is 20.9 Å². The normalized spacial score (nSPS) is 17.6. The van der Waals surface area contributed by atoms with Crippen LogP contribution in [0.3, 0.4) is 0 Å². The number of anilines is 2. The number of ether oxygens (including phenoxy) is 2. The first kappa shape index (κ1) is 15.1. The fourth-order valence-electron chi connectivity index (χ4n) is 2.73. The topological polar surface area (TPSA) is 109 Å². The van der Waals surface area contributed by atoms with Gasteiger partial charge in [-0.1, -0.05) is 0 Å². The molecule has 23 heavy (non-hydrogen) atoms.